The number of aliphatic hydroxyl groups is 14. The summed E-state index contributed by atoms with van der Waals surface area (Å²) in [5.41, 5.74) is 0. The molecule has 0 spiro atoms. The number of ether oxygens (including phenoxy) is 3. The Labute approximate surface area is 198 Å². The van der Waals surface area contributed by atoms with Crippen molar-refractivity contribution in [1.82, 2.24) is 0 Å². The molecular formula is C18H36O17. The Morgan fingerprint density at radius 3 is 1.49 bits per heavy atom. The molecule has 2 rings (SSSR count). The summed E-state index contributed by atoms with van der Waals surface area (Å²) in [6.45, 7) is -2.80. The van der Waals surface area contributed by atoms with Crippen molar-refractivity contribution in [3.05, 3.63) is 0 Å². The summed E-state index contributed by atoms with van der Waals surface area (Å²) in [5, 5.41) is 129. The highest BCUT2D eigenvalue weighted by molar-refractivity contribution is 4.93. The number of hydrogen-bond acceptors (Lipinski definition) is 17. The molecule has 0 saturated carbocycles. The third-order valence-corrected chi connectivity index (χ3v) is 5.49. The van der Waals surface area contributed by atoms with Crippen molar-refractivity contribution in [1.29, 1.82) is 0 Å². The lowest BCUT2D eigenvalue weighted by Crippen LogP contribution is -2.64. The quantitative estimate of drug-likeness (QED) is 0.133. The van der Waals surface area contributed by atoms with Crippen LogP contribution in [0.2, 0.25) is 0 Å². The van der Waals surface area contributed by atoms with Crippen LogP contribution in [-0.4, -0.2) is 184 Å². The van der Waals surface area contributed by atoms with Gasteiger partial charge in [0.05, 0.1) is 26.4 Å². The molecule has 0 aliphatic carbocycles. The Balaban J connectivity index is 0.000000434. The molecule has 0 bridgehead atoms. The van der Waals surface area contributed by atoms with Gasteiger partial charge in [-0.3, -0.25) is 0 Å². The van der Waals surface area contributed by atoms with Crippen molar-refractivity contribution in [3.8, 4) is 0 Å². The van der Waals surface area contributed by atoms with E-state index in [0.29, 0.717) is 0 Å². The van der Waals surface area contributed by atoms with Crippen molar-refractivity contribution >= 4 is 0 Å². The average molecular weight is 524 g/mol. The minimum atomic E-state index is -1.74. The summed E-state index contributed by atoms with van der Waals surface area (Å²) < 4.78 is 15.3. The van der Waals surface area contributed by atoms with E-state index in [0.717, 1.165) is 0 Å². The molecule has 14 atom stereocenters. The van der Waals surface area contributed by atoms with Crippen LogP contribution in [-0.2, 0) is 14.2 Å². The van der Waals surface area contributed by atoms with Crippen LogP contribution in [0.15, 0.2) is 0 Å². The molecule has 2 saturated heterocycles. The van der Waals surface area contributed by atoms with Gasteiger partial charge in [0.15, 0.2) is 12.6 Å². The molecular weight excluding hydrogens is 488 g/mol. The fraction of sp³-hybridized carbons (Fsp3) is 1.00. The summed E-state index contributed by atoms with van der Waals surface area (Å²) in [7, 11) is 0. The predicted octanol–water partition coefficient (Wildman–Crippen LogP) is -8.98. The smallest absolute Gasteiger partial charge is 0.187 e. The van der Waals surface area contributed by atoms with Gasteiger partial charge in [0, 0.05) is 0 Å². The van der Waals surface area contributed by atoms with Crippen LogP contribution in [0.25, 0.3) is 0 Å². The first-order valence-electron chi connectivity index (χ1n) is 10.6. The Morgan fingerprint density at radius 1 is 0.571 bits per heavy atom. The van der Waals surface area contributed by atoms with Gasteiger partial charge in [-0.15, -0.1) is 0 Å². The zero-order valence-corrected chi connectivity index (χ0v) is 18.4. The van der Waals surface area contributed by atoms with Crippen LogP contribution in [0.3, 0.4) is 0 Å². The van der Waals surface area contributed by atoms with Crippen LogP contribution in [0, 0.1) is 0 Å². The van der Waals surface area contributed by atoms with Crippen molar-refractivity contribution < 1.29 is 85.7 Å². The van der Waals surface area contributed by atoms with Gasteiger partial charge in [-0.1, -0.05) is 0 Å². The fourth-order valence-electron chi connectivity index (χ4n) is 3.24. The fourth-order valence-corrected chi connectivity index (χ4v) is 3.24. The summed E-state index contributed by atoms with van der Waals surface area (Å²) in [4.78, 5) is 0. The summed E-state index contributed by atoms with van der Waals surface area (Å²) in [5.74, 6) is 0. The second-order valence-electron chi connectivity index (χ2n) is 8.01. The maximum Gasteiger partial charge on any atom is 0.187 e. The maximum absolute atomic E-state index is 9.94. The van der Waals surface area contributed by atoms with Gasteiger partial charge in [0.1, 0.15) is 73.2 Å². The molecule has 0 aromatic heterocycles. The molecule has 17 nitrogen and oxygen atoms in total. The molecule has 0 aromatic rings. The lowest BCUT2D eigenvalue weighted by atomic mass is 9.97. The van der Waals surface area contributed by atoms with Gasteiger partial charge in [0.2, 0.25) is 0 Å². The van der Waals surface area contributed by atoms with E-state index in [1.54, 1.807) is 0 Å². The zero-order valence-electron chi connectivity index (χ0n) is 18.4. The molecule has 2 heterocycles. The highest BCUT2D eigenvalue weighted by Crippen LogP contribution is 2.28. The summed E-state index contributed by atoms with van der Waals surface area (Å²) in [6.07, 6.45) is -22.0. The lowest BCUT2D eigenvalue weighted by Gasteiger charge is -2.45. The minimum Gasteiger partial charge on any atom is -0.394 e. The van der Waals surface area contributed by atoms with Crippen LogP contribution in [0.1, 0.15) is 0 Å². The van der Waals surface area contributed by atoms with Crippen molar-refractivity contribution in [3.63, 3.8) is 0 Å². The van der Waals surface area contributed by atoms with Gasteiger partial charge in [-0.05, 0) is 0 Å². The molecule has 2 fully saturated rings. The van der Waals surface area contributed by atoms with Crippen molar-refractivity contribution in [2.45, 2.75) is 85.8 Å². The second-order valence-corrected chi connectivity index (χ2v) is 8.01. The zero-order chi connectivity index (χ0) is 27.0. The Bertz CT molecular complexity index is 567. The number of hydrogen-bond donors (Lipinski definition) is 14. The molecule has 2 aliphatic rings. The standard InChI is InChI=1S/C12H22O11.C6H14O6/c13-1-3-5(15)6(16)9(19)12(22-3)23-10-4(2-14)21-11(20)8(18)7(10)17;7-1-3(9)5(11)6(12)4(10)2-8/h3-20H,1-2H2;3-12H,1-2H2/t3-,4-,5-,6+,7-,8-,9-,10-,11-,12-;3-,4-,5-,6-/m11/s1. The van der Waals surface area contributed by atoms with E-state index in [1.807, 2.05) is 0 Å². The normalized spacial score (nSPS) is 41.3. The van der Waals surface area contributed by atoms with E-state index in [4.69, 9.17) is 50.0 Å². The number of aliphatic hydroxyl groups excluding tert-OH is 14. The third kappa shape index (κ3) is 8.15. The van der Waals surface area contributed by atoms with E-state index in [1.165, 1.54) is 0 Å². The predicted molar refractivity (Wildman–Crippen MR) is 107 cm³/mol. The molecule has 0 radical (unpaired) electrons. The highest BCUT2D eigenvalue weighted by atomic mass is 16.7. The van der Waals surface area contributed by atoms with Gasteiger partial charge >= 0.3 is 0 Å². The molecule has 0 aromatic carbocycles. The SMILES string of the molecule is OC[C@@H](O)[C@@H](O)[C@H](O)[C@H](O)CO.OC[C@H]1O[C@H](O[C@H]2[C@H](O)[C@@H](O)[C@H](O)O[C@@H]2CO)[C@H](O)[C@@H](O)[C@@H]1O. The topological polar surface area (TPSA) is 311 Å². The van der Waals surface area contributed by atoms with Crippen LogP contribution in [0.4, 0.5) is 0 Å². The van der Waals surface area contributed by atoms with E-state index >= 15 is 0 Å². The van der Waals surface area contributed by atoms with Crippen molar-refractivity contribution in [2.24, 2.45) is 0 Å². The first-order chi connectivity index (χ1) is 16.4. The van der Waals surface area contributed by atoms with Gasteiger partial charge in [0.25, 0.3) is 0 Å². The first-order valence-corrected chi connectivity index (χ1v) is 10.6. The molecule has 35 heavy (non-hydrogen) atoms. The Hall–Kier alpha value is -0.680. The maximum atomic E-state index is 9.94. The minimum absolute atomic E-state index is 0.667. The average Bonchev–Trinajstić information content (AvgIpc) is 2.87. The van der Waals surface area contributed by atoms with Gasteiger partial charge < -0.3 is 85.7 Å². The summed E-state index contributed by atoms with van der Waals surface area (Å²) >= 11 is 0. The molecule has 17 heteroatoms. The van der Waals surface area contributed by atoms with Crippen LogP contribution < -0.4 is 0 Å². The van der Waals surface area contributed by atoms with Crippen molar-refractivity contribution in [2.75, 3.05) is 26.4 Å². The Morgan fingerprint density at radius 2 is 1.06 bits per heavy atom. The van der Waals surface area contributed by atoms with E-state index in [9.17, 15) is 35.7 Å². The van der Waals surface area contributed by atoms with Gasteiger partial charge in [-0.25, -0.2) is 0 Å². The Kier molecular flexibility index (Phi) is 13.8. The van der Waals surface area contributed by atoms with E-state index in [2.05, 4.69) is 0 Å². The lowest BCUT2D eigenvalue weighted by molar-refractivity contribution is -0.355. The van der Waals surface area contributed by atoms with E-state index < -0.39 is 112 Å². The molecule has 14 N–H and O–H groups in total. The highest BCUT2D eigenvalue weighted by Gasteiger charge is 2.50. The molecule has 0 amide bonds. The van der Waals surface area contributed by atoms with Gasteiger partial charge in [-0.2, -0.15) is 0 Å². The molecule has 210 valence electrons. The third-order valence-electron chi connectivity index (χ3n) is 5.49. The first kappa shape index (κ1) is 32.3. The largest absolute Gasteiger partial charge is 0.394 e. The summed E-state index contributed by atoms with van der Waals surface area (Å²) in [6, 6.07) is 0. The van der Waals surface area contributed by atoms with Crippen LogP contribution in [0.5, 0.6) is 0 Å². The molecule has 0 unspecified atom stereocenters. The number of rotatable bonds is 9. The molecule has 2 aliphatic heterocycles. The second kappa shape index (κ2) is 14.9. The van der Waals surface area contributed by atoms with E-state index in [-0.39, 0.29) is 0 Å². The monoisotopic (exact) mass is 524 g/mol. The van der Waals surface area contributed by atoms with Crippen LogP contribution >= 0.6 is 0 Å².